The van der Waals surface area contributed by atoms with Gasteiger partial charge >= 0.3 is 0 Å². The van der Waals surface area contributed by atoms with E-state index in [0.717, 1.165) is 17.0 Å². The first-order valence-corrected chi connectivity index (χ1v) is 5.75. The third-order valence-electron chi connectivity index (χ3n) is 2.78. The Morgan fingerprint density at radius 1 is 0.944 bits per heavy atom. The first-order valence-electron chi connectivity index (χ1n) is 5.37. The summed E-state index contributed by atoms with van der Waals surface area (Å²) in [5.74, 6) is -1.20. The highest BCUT2D eigenvalue weighted by molar-refractivity contribution is 6.35. The fourth-order valence-electron chi connectivity index (χ4n) is 1.98. The quantitative estimate of drug-likeness (QED) is 0.651. The average Bonchev–Trinajstić information content (AvgIpc) is 2.73. The molecule has 1 nitrogen and oxygen atoms in total. The molecule has 0 unspecified atom stereocenters. The minimum atomic E-state index is -0.602. The smallest absolute Gasteiger partial charge is 0.126 e. The Balaban J connectivity index is 2.22. The van der Waals surface area contributed by atoms with Crippen molar-refractivity contribution >= 4 is 22.5 Å². The van der Waals surface area contributed by atoms with Gasteiger partial charge in [-0.15, -0.1) is 0 Å². The number of hydrogen-bond donors (Lipinski definition) is 1. The van der Waals surface area contributed by atoms with Crippen LogP contribution in [0.5, 0.6) is 0 Å². The Kier molecular flexibility index (Phi) is 2.56. The first-order chi connectivity index (χ1) is 8.63. The average molecular weight is 264 g/mol. The van der Waals surface area contributed by atoms with E-state index < -0.39 is 11.6 Å². The van der Waals surface area contributed by atoms with Gasteiger partial charge < -0.3 is 4.98 Å². The van der Waals surface area contributed by atoms with Gasteiger partial charge in [-0.1, -0.05) is 17.7 Å². The zero-order chi connectivity index (χ0) is 12.7. The van der Waals surface area contributed by atoms with E-state index in [2.05, 4.69) is 4.98 Å². The van der Waals surface area contributed by atoms with Crippen LogP contribution >= 0.6 is 11.6 Å². The van der Waals surface area contributed by atoms with Crippen LogP contribution in [0.25, 0.3) is 22.2 Å². The zero-order valence-electron chi connectivity index (χ0n) is 9.18. The molecule has 0 atom stereocenters. The largest absolute Gasteiger partial charge is 0.354 e. The van der Waals surface area contributed by atoms with Gasteiger partial charge in [0.15, 0.2) is 0 Å². The number of halogens is 3. The number of H-pyrrole nitrogens is 1. The first kappa shape index (κ1) is 11.2. The lowest BCUT2D eigenvalue weighted by Gasteiger charge is -1.98. The highest BCUT2D eigenvalue weighted by Crippen LogP contribution is 2.29. The van der Waals surface area contributed by atoms with Crippen LogP contribution in [0.3, 0.4) is 0 Å². The van der Waals surface area contributed by atoms with Gasteiger partial charge in [0, 0.05) is 33.2 Å². The molecule has 3 aromatic rings. The summed E-state index contributed by atoms with van der Waals surface area (Å²) < 4.78 is 26.3. The predicted octanol–water partition coefficient (Wildman–Crippen LogP) is 4.77. The topological polar surface area (TPSA) is 15.8 Å². The lowest BCUT2D eigenvalue weighted by atomic mass is 10.1. The summed E-state index contributed by atoms with van der Waals surface area (Å²) in [5, 5.41) is 1.44. The Hall–Kier alpha value is -1.87. The van der Waals surface area contributed by atoms with E-state index in [-0.39, 0.29) is 0 Å². The summed E-state index contributed by atoms with van der Waals surface area (Å²) in [6.45, 7) is 0. The Bertz CT molecular complexity index is 713. The van der Waals surface area contributed by atoms with E-state index in [4.69, 9.17) is 11.6 Å². The lowest BCUT2D eigenvalue weighted by Crippen LogP contribution is -1.83. The van der Waals surface area contributed by atoms with Gasteiger partial charge in [-0.25, -0.2) is 8.78 Å². The van der Waals surface area contributed by atoms with Gasteiger partial charge in [-0.3, -0.25) is 0 Å². The number of benzene rings is 2. The molecule has 0 aliphatic rings. The summed E-state index contributed by atoms with van der Waals surface area (Å²) in [4.78, 5) is 3.09. The molecular weight excluding hydrogens is 256 g/mol. The molecule has 0 saturated heterocycles. The van der Waals surface area contributed by atoms with Crippen molar-refractivity contribution in [3.05, 3.63) is 59.1 Å². The summed E-state index contributed by atoms with van der Waals surface area (Å²) in [5.41, 5.74) is 1.93. The standard InChI is InChI=1S/C14H8ClF2N/c15-12-2-1-3-13-11(12)7-14(18-13)8-4-9(16)6-10(17)5-8/h1-7,18H. The molecule has 0 aliphatic carbocycles. The van der Waals surface area contributed by atoms with Crippen LogP contribution in [-0.4, -0.2) is 4.98 Å². The van der Waals surface area contributed by atoms with Crippen molar-refractivity contribution in [2.45, 2.75) is 0 Å². The molecule has 0 bridgehead atoms. The number of fused-ring (bicyclic) bond motifs is 1. The molecule has 0 saturated carbocycles. The Labute approximate surface area is 107 Å². The highest BCUT2D eigenvalue weighted by Gasteiger charge is 2.08. The van der Waals surface area contributed by atoms with Gasteiger partial charge in [0.05, 0.1) is 0 Å². The molecule has 0 aliphatic heterocycles. The summed E-state index contributed by atoms with van der Waals surface area (Å²) >= 11 is 6.05. The minimum Gasteiger partial charge on any atom is -0.354 e. The number of nitrogens with one attached hydrogen (secondary N) is 1. The minimum absolute atomic E-state index is 0.458. The van der Waals surface area contributed by atoms with Crippen molar-refractivity contribution in [2.24, 2.45) is 0 Å². The maximum absolute atomic E-state index is 13.2. The molecule has 4 heteroatoms. The predicted molar refractivity (Wildman–Crippen MR) is 68.7 cm³/mol. The van der Waals surface area contributed by atoms with Gasteiger partial charge in [-0.2, -0.15) is 0 Å². The number of hydrogen-bond acceptors (Lipinski definition) is 0. The highest BCUT2D eigenvalue weighted by atomic mass is 35.5. The molecule has 3 rings (SSSR count). The second kappa shape index (κ2) is 4.10. The zero-order valence-corrected chi connectivity index (χ0v) is 9.93. The maximum Gasteiger partial charge on any atom is 0.126 e. The van der Waals surface area contributed by atoms with Crippen molar-refractivity contribution in [3.8, 4) is 11.3 Å². The van der Waals surface area contributed by atoms with Crippen LogP contribution in [0.1, 0.15) is 0 Å². The van der Waals surface area contributed by atoms with Gasteiger partial charge in [0.1, 0.15) is 11.6 Å². The van der Waals surface area contributed by atoms with Crippen LogP contribution in [-0.2, 0) is 0 Å². The van der Waals surface area contributed by atoms with Crippen LogP contribution in [0, 0.1) is 11.6 Å². The number of rotatable bonds is 1. The molecule has 18 heavy (non-hydrogen) atoms. The Morgan fingerprint density at radius 3 is 2.33 bits per heavy atom. The molecule has 1 heterocycles. The molecule has 0 radical (unpaired) electrons. The SMILES string of the molecule is Fc1cc(F)cc(-c2cc3c(Cl)cccc3[nH]2)c1. The third-order valence-corrected chi connectivity index (χ3v) is 3.11. The van der Waals surface area contributed by atoms with Crippen LogP contribution in [0.15, 0.2) is 42.5 Å². The van der Waals surface area contributed by atoms with Crippen molar-refractivity contribution in [1.82, 2.24) is 4.98 Å². The summed E-state index contributed by atoms with van der Waals surface area (Å²) in [6.07, 6.45) is 0. The van der Waals surface area contributed by atoms with E-state index in [1.54, 1.807) is 12.1 Å². The molecular formula is C14H8ClF2N. The van der Waals surface area contributed by atoms with Crippen LogP contribution in [0.4, 0.5) is 8.78 Å². The molecule has 1 aromatic heterocycles. The molecule has 1 N–H and O–H groups in total. The summed E-state index contributed by atoms with van der Waals surface area (Å²) in [6, 6.07) is 10.6. The van der Waals surface area contributed by atoms with E-state index in [9.17, 15) is 8.78 Å². The van der Waals surface area contributed by atoms with Gasteiger partial charge in [0.2, 0.25) is 0 Å². The van der Waals surface area contributed by atoms with Gasteiger partial charge in [-0.05, 0) is 30.3 Å². The molecule has 2 aromatic carbocycles. The fourth-order valence-corrected chi connectivity index (χ4v) is 2.21. The summed E-state index contributed by atoms with van der Waals surface area (Å²) in [7, 11) is 0. The third kappa shape index (κ3) is 1.87. The van der Waals surface area contributed by atoms with Gasteiger partial charge in [0.25, 0.3) is 0 Å². The van der Waals surface area contributed by atoms with E-state index in [1.165, 1.54) is 12.1 Å². The maximum atomic E-state index is 13.2. The molecule has 0 amide bonds. The van der Waals surface area contributed by atoms with E-state index in [1.807, 2.05) is 12.1 Å². The van der Waals surface area contributed by atoms with Crippen molar-refractivity contribution in [3.63, 3.8) is 0 Å². The normalized spacial score (nSPS) is 11.1. The fraction of sp³-hybridized carbons (Fsp3) is 0. The number of aromatic nitrogens is 1. The van der Waals surface area contributed by atoms with Crippen LogP contribution in [0.2, 0.25) is 5.02 Å². The second-order valence-electron chi connectivity index (χ2n) is 4.04. The van der Waals surface area contributed by atoms with Crippen LogP contribution < -0.4 is 0 Å². The van der Waals surface area contributed by atoms with E-state index in [0.29, 0.717) is 16.3 Å². The molecule has 0 fully saturated rings. The van der Waals surface area contributed by atoms with Crippen molar-refractivity contribution in [2.75, 3.05) is 0 Å². The lowest BCUT2D eigenvalue weighted by molar-refractivity contribution is 0.584. The molecule has 0 spiro atoms. The monoisotopic (exact) mass is 263 g/mol. The molecule has 90 valence electrons. The van der Waals surface area contributed by atoms with Crippen molar-refractivity contribution in [1.29, 1.82) is 0 Å². The number of aromatic amines is 1. The second-order valence-corrected chi connectivity index (χ2v) is 4.45. The van der Waals surface area contributed by atoms with E-state index >= 15 is 0 Å². The Morgan fingerprint density at radius 2 is 1.67 bits per heavy atom. The van der Waals surface area contributed by atoms with Crippen molar-refractivity contribution < 1.29 is 8.78 Å².